The van der Waals surface area contributed by atoms with Crippen LogP contribution in [-0.2, 0) is 10.0 Å². The van der Waals surface area contributed by atoms with Gasteiger partial charge in [0.15, 0.2) is 0 Å². The van der Waals surface area contributed by atoms with Gasteiger partial charge in [0.2, 0.25) is 10.0 Å². The van der Waals surface area contributed by atoms with Crippen molar-refractivity contribution in [2.24, 2.45) is 0 Å². The molecule has 0 rings (SSSR count). The summed E-state index contributed by atoms with van der Waals surface area (Å²) in [7, 11) is -4.63. The first kappa shape index (κ1) is 18.6. The molecule has 0 aromatic carbocycles. The van der Waals surface area contributed by atoms with Crippen molar-refractivity contribution in [2.75, 3.05) is 18.8 Å². The van der Waals surface area contributed by atoms with Crippen LogP contribution in [0.25, 0.3) is 0 Å². The van der Waals surface area contributed by atoms with E-state index < -0.39 is 27.9 Å². The molecule has 9 heteroatoms. The van der Waals surface area contributed by atoms with Gasteiger partial charge >= 0.3 is 12.1 Å². The molecule has 0 radical (unpaired) electrons. The number of halogens is 5. The van der Waals surface area contributed by atoms with Gasteiger partial charge in [0.1, 0.15) is 5.75 Å². The quantitative estimate of drug-likeness (QED) is 0.646. The normalized spacial score (nSPS) is 14.1. The molecule has 0 atom stereocenters. The van der Waals surface area contributed by atoms with Gasteiger partial charge in [-0.05, 0) is 12.8 Å². The average Bonchev–Trinajstić information content (AvgIpc) is 2.20. The van der Waals surface area contributed by atoms with Crippen LogP contribution in [-0.4, -0.2) is 43.7 Å². The molecule has 0 aromatic rings. The molecule has 116 valence electrons. The second-order valence-electron chi connectivity index (χ2n) is 4.21. The van der Waals surface area contributed by atoms with Gasteiger partial charge in [0.25, 0.3) is 0 Å². The van der Waals surface area contributed by atoms with Gasteiger partial charge in [0, 0.05) is 13.1 Å². The molecule has 0 aromatic heterocycles. The molecule has 0 aliphatic carbocycles. The Kier molecular flexibility index (Phi) is 6.67. The lowest BCUT2D eigenvalue weighted by Gasteiger charge is -2.25. The molecule has 0 saturated carbocycles. The van der Waals surface area contributed by atoms with Crippen LogP contribution in [0.5, 0.6) is 0 Å². The van der Waals surface area contributed by atoms with E-state index in [1.165, 1.54) is 0 Å². The highest BCUT2D eigenvalue weighted by molar-refractivity contribution is 7.89. The standard InChI is InChI=1S/C10H18F5NO2S/c1-3-5-7-16(6-4-2)19(17,18)8-9(11,12)10(13,14)15/h3-8H2,1-2H3. The summed E-state index contributed by atoms with van der Waals surface area (Å²) in [4.78, 5) is 0. The molecular formula is C10H18F5NO2S. The van der Waals surface area contributed by atoms with Crippen molar-refractivity contribution in [2.45, 2.75) is 45.2 Å². The summed E-state index contributed by atoms with van der Waals surface area (Å²) in [6, 6.07) is 0. The third-order valence-corrected chi connectivity index (χ3v) is 4.29. The molecule has 0 fully saturated rings. The monoisotopic (exact) mass is 311 g/mol. The zero-order chi connectivity index (χ0) is 15.3. The average molecular weight is 311 g/mol. The fourth-order valence-corrected chi connectivity index (χ4v) is 3.05. The van der Waals surface area contributed by atoms with Crippen LogP contribution in [0.4, 0.5) is 22.0 Å². The highest BCUT2D eigenvalue weighted by Crippen LogP contribution is 2.36. The molecule has 0 unspecified atom stereocenters. The molecular weight excluding hydrogens is 293 g/mol. The third kappa shape index (κ3) is 5.60. The van der Waals surface area contributed by atoms with E-state index in [1.807, 2.05) is 0 Å². The predicted molar refractivity (Wildman–Crippen MR) is 61.6 cm³/mol. The van der Waals surface area contributed by atoms with Crippen molar-refractivity contribution in [1.82, 2.24) is 4.31 Å². The lowest BCUT2D eigenvalue weighted by atomic mass is 10.3. The van der Waals surface area contributed by atoms with E-state index in [9.17, 15) is 30.4 Å². The Morgan fingerprint density at radius 3 is 1.84 bits per heavy atom. The van der Waals surface area contributed by atoms with Crippen molar-refractivity contribution in [3.05, 3.63) is 0 Å². The van der Waals surface area contributed by atoms with E-state index in [4.69, 9.17) is 0 Å². The van der Waals surface area contributed by atoms with Crippen LogP contribution < -0.4 is 0 Å². The summed E-state index contributed by atoms with van der Waals surface area (Å²) < 4.78 is 85.7. The summed E-state index contributed by atoms with van der Waals surface area (Å²) >= 11 is 0. The Labute approximate surface area is 109 Å². The number of rotatable bonds is 8. The molecule has 0 spiro atoms. The number of hydrogen-bond donors (Lipinski definition) is 0. The van der Waals surface area contributed by atoms with E-state index in [2.05, 4.69) is 0 Å². The Hall–Kier alpha value is -0.440. The topological polar surface area (TPSA) is 37.4 Å². The van der Waals surface area contributed by atoms with E-state index >= 15 is 0 Å². The lowest BCUT2D eigenvalue weighted by molar-refractivity contribution is -0.271. The van der Waals surface area contributed by atoms with Crippen LogP contribution in [0.15, 0.2) is 0 Å². The van der Waals surface area contributed by atoms with Crippen molar-refractivity contribution in [3.8, 4) is 0 Å². The van der Waals surface area contributed by atoms with Gasteiger partial charge < -0.3 is 0 Å². The van der Waals surface area contributed by atoms with Gasteiger partial charge in [-0.2, -0.15) is 22.0 Å². The highest BCUT2D eigenvalue weighted by Gasteiger charge is 2.60. The second-order valence-corrected chi connectivity index (χ2v) is 6.18. The molecule has 19 heavy (non-hydrogen) atoms. The number of sulfonamides is 1. The zero-order valence-corrected chi connectivity index (χ0v) is 11.6. The summed E-state index contributed by atoms with van der Waals surface area (Å²) in [6.07, 6.45) is -4.48. The molecule has 0 bridgehead atoms. The molecule has 3 nitrogen and oxygen atoms in total. The first-order chi connectivity index (χ1) is 8.48. The zero-order valence-electron chi connectivity index (χ0n) is 10.8. The summed E-state index contributed by atoms with van der Waals surface area (Å²) in [5, 5.41) is 0. The first-order valence-electron chi connectivity index (χ1n) is 5.90. The Morgan fingerprint density at radius 1 is 0.947 bits per heavy atom. The second kappa shape index (κ2) is 6.83. The highest BCUT2D eigenvalue weighted by atomic mass is 32.2. The number of unbranched alkanes of at least 4 members (excludes halogenated alkanes) is 1. The summed E-state index contributed by atoms with van der Waals surface area (Å²) in [6.45, 7) is 3.29. The predicted octanol–water partition coefficient (Wildman–Crippen LogP) is 3.03. The van der Waals surface area contributed by atoms with Crippen LogP contribution in [0, 0.1) is 0 Å². The van der Waals surface area contributed by atoms with Gasteiger partial charge in [0.05, 0.1) is 0 Å². The lowest BCUT2D eigenvalue weighted by Crippen LogP contribution is -2.47. The molecule has 0 amide bonds. The smallest absolute Gasteiger partial charge is 0.212 e. The Morgan fingerprint density at radius 2 is 1.47 bits per heavy atom. The van der Waals surface area contributed by atoms with E-state index in [0.29, 0.717) is 23.6 Å². The summed E-state index contributed by atoms with van der Waals surface area (Å²) in [5.74, 6) is -7.46. The van der Waals surface area contributed by atoms with Crippen molar-refractivity contribution < 1.29 is 30.4 Å². The minimum Gasteiger partial charge on any atom is -0.212 e. The minimum atomic E-state index is -5.86. The number of alkyl halides is 5. The minimum absolute atomic E-state index is 0.0411. The maximum atomic E-state index is 12.8. The number of hydrogen-bond acceptors (Lipinski definition) is 2. The van der Waals surface area contributed by atoms with Crippen LogP contribution in [0.1, 0.15) is 33.1 Å². The molecule has 0 N–H and O–H groups in total. The van der Waals surface area contributed by atoms with E-state index in [0.717, 1.165) is 0 Å². The van der Waals surface area contributed by atoms with Crippen molar-refractivity contribution in [1.29, 1.82) is 0 Å². The first-order valence-corrected chi connectivity index (χ1v) is 7.51. The van der Waals surface area contributed by atoms with Crippen molar-refractivity contribution >= 4 is 10.0 Å². The van der Waals surface area contributed by atoms with Crippen molar-refractivity contribution in [3.63, 3.8) is 0 Å². The molecule has 0 heterocycles. The Balaban J connectivity index is 5.01. The van der Waals surface area contributed by atoms with Gasteiger partial charge in [-0.15, -0.1) is 0 Å². The van der Waals surface area contributed by atoms with Gasteiger partial charge in [-0.25, -0.2) is 12.7 Å². The fraction of sp³-hybridized carbons (Fsp3) is 1.00. The molecule has 0 aliphatic rings. The molecule has 0 aliphatic heterocycles. The maximum absolute atomic E-state index is 12.8. The molecule has 0 saturated heterocycles. The van der Waals surface area contributed by atoms with Crippen LogP contribution in [0.2, 0.25) is 0 Å². The van der Waals surface area contributed by atoms with Crippen LogP contribution >= 0.6 is 0 Å². The third-order valence-electron chi connectivity index (χ3n) is 2.41. The van der Waals surface area contributed by atoms with Gasteiger partial charge in [-0.3, -0.25) is 0 Å². The largest absolute Gasteiger partial charge is 0.454 e. The van der Waals surface area contributed by atoms with Crippen LogP contribution in [0.3, 0.4) is 0 Å². The maximum Gasteiger partial charge on any atom is 0.454 e. The Bertz CT molecular complexity index is 367. The number of nitrogens with zero attached hydrogens (tertiary/aromatic N) is 1. The summed E-state index contributed by atoms with van der Waals surface area (Å²) in [5.41, 5.74) is 0. The van der Waals surface area contributed by atoms with E-state index in [1.54, 1.807) is 13.8 Å². The fourth-order valence-electron chi connectivity index (χ4n) is 1.38. The SMILES string of the molecule is CCCCN(CCC)S(=O)(=O)CC(F)(F)C(F)(F)F. The van der Waals surface area contributed by atoms with Gasteiger partial charge in [-0.1, -0.05) is 20.3 Å². The van der Waals surface area contributed by atoms with E-state index in [-0.39, 0.29) is 13.1 Å².